The lowest BCUT2D eigenvalue weighted by Crippen LogP contribution is -2.30. The molecule has 0 saturated carbocycles. The summed E-state index contributed by atoms with van der Waals surface area (Å²) in [7, 11) is 1.75. The Hall–Kier alpha value is -3.38. The number of ether oxygens (including phenoxy) is 1. The molecule has 30 heavy (non-hydrogen) atoms. The fraction of sp³-hybridized carbons (Fsp3) is 0.167. The number of rotatable bonds is 6. The number of hydrogen-bond donors (Lipinski definition) is 0. The molecule has 6 heteroatoms. The van der Waals surface area contributed by atoms with Crippen molar-refractivity contribution in [2.24, 2.45) is 0 Å². The number of aryl methyl sites for hydroxylation is 1. The van der Waals surface area contributed by atoms with E-state index in [2.05, 4.69) is 0 Å². The van der Waals surface area contributed by atoms with Crippen LogP contribution in [0, 0.1) is 6.92 Å². The van der Waals surface area contributed by atoms with Crippen molar-refractivity contribution in [2.75, 3.05) is 13.7 Å². The van der Waals surface area contributed by atoms with Crippen LogP contribution in [0.2, 0.25) is 0 Å². The predicted molar refractivity (Wildman–Crippen MR) is 119 cm³/mol. The van der Waals surface area contributed by atoms with E-state index in [0.29, 0.717) is 34.6 Å². The van der Waals surface area contributed by atoms with Gasteiger partial charge in [-0.3, -0.25) is 9.59 Å². The third kappa shape index (κ3) is 4.14. The number of likely N-dealkylation sites (N-methyl/N-ethyl adjacent to an activating group) is 1. The molecule has 0 aliphatic rings. The van der Waals surface area contributed by atoms with E-state index >= 15 is 0 Å². The summed E-state index contributed by atoms with van der Waals surface area (Å²) in [6, 6.07) is 18.5. The molecule has 0 N–H and O–H groups in total. The van der Waals surface area contributed by atoms with Gasteiger partial charge in [0.1, 0.15) is 17.1 Å². The quantitative estimate of drug-likeness (QED) is 0.447. The highest BCUT2D eigenvalue weighted by Gasteiger charge is 2.15. The van der Waals surface area contributed by atoms with Gasteiger partial charge in [-0.2, -0.15) is 0 Å². The Morgan fingerprint density at radius 1 is 1.10 bits per heavy atom. The summed E-state index contributed by atoms with van der Waals surface area (Å²) in [5.41, 5.74) is 1.74. The molecule has 1 amide bonds. The predicted octanol–water partition coefficient (Wildman–Crippen LogP) is 4.87. The molecule has 0 atom stereocenters. The van der Waals surface area contributed by atoms with Crippen molar-refractivity contribution in [3.8, 4) is 16.9 Å². The second-order valence-electron chi connectivity index (χ2n) is 7.00. The largest absolute Gasteiger partial charge is 0.484 e. The van der Waals surface area contributed by atoms with Crippen molar-refractivity contribution in [1.29, 1.82) is 0 Å². The SMILES string of the molecule is Cc1oc2cc(OCC(=O)N(C)Cc3cccs3)ccc2c(=O)c1-c1ccccc1. The Morgan fingerprint density at radius 3 is 2.63 bits per heavy atom. The van der Waals surface area contributed by atoms with Gasteiger partial charge >= 0.3 is 0 Å². The smallest absolute Gasteiger partial charge is 0.260 e. The molecule has 2 heterocycles. The average molecular weight is 420 g/mol. The van der Waals surface area contributed by atoms with Crippen LogP contribution >= 0.6 is 11.3 Å². The molecular weight excluding hydrogens is 398 g/mol. The van der Waals surface area contributed by atoms with Gasteiger partial charge < -0.3 is 14.1 Å². The Labute approximate surface area is 178 Å². The molecule has 0 radical (unpaired) electrons. The number of thiophene rings is 1. The minimum Gasteiger partial charge on any atom is -0.484 e. The van der Waals surface area contributed by atoms with E-state index < -0.39 is 0 Å². The summed E-state index contributed by atoms with van der Waals surface area (Å²) in [6.07, 6.45) is 0. The molecule has 2 aromatic carbocycles. The lowest BCUT2D eigenvalue weighted by atomic mass is 10.0. The number of carbonyl (C=O) groups excluding carboxylic acids is 1. The van der Waals surface area contributed by atoms with Gasteiger partial charge in [-0.1, -0.05) is 36.4 Å². The zero-order chi connectivity index (χ0) is 21.1. The minimum atomic E-state index is -0.124. The number of carbonyl (C=O) groups is 1. The minimum absolute atomic E-state index is 0.0846. The Balaban J connectivity index is 1.52. The van der Waals surface area contributed by atoms with Crippen molar-refractivity contribution in [3.63, 3.8) is 0 Å². The van der Waals surface area contributed by atoms with Gasteiger partial charge in [0.15, 0.2) is 6.61 Å². The number of fused-ring (bicyclic) bond motifs is 1. The summed E-state index contributed by atoms with van der Waals surface area (Å²) in [6.45, 7) is 2.24. The normalized spacial score (nSPS) is 10.9. The number of hydrogen-bond acceptors (Lipinski definition) is 5. The highest BCUT2D eigenvalue weighted by atomic mass is 32.1. The first-order chi connectivity index (χ1) is 14.5. The molecule has 152 valence electrons. The topological polar surface area (TPSA) is 59.8 Å². The van der Waals surface area contributed by atoms with E-state index in [1.807, 2.05) is 47.8 Å². The van der Waals surface area contributed by atoms with Crippen molar-refractivity contribution in [1.82, 2.24) is 4.90 Å². The summed E-state index contributed by atoms with van der Waals surface area (Å²) >= 11 is 1.61. The number of benzene rings is 2. The van der Waals surface area contributed by atoms with Gasteiger partial charge in [0.2, 0.25) is 5.43 Å². The van der Waals surface area contributed by atoms with Crippen LogP contribution in [0.5, 0.6) is 5.75 Å². The van der Waals surface area contributed by atoms with Crippen molar-refractivity contribution in [3.05, 3.63) is 86.9 Å². The molecular formula is C24H21NO4S. The highest BCUT2D eigenvalue weighted by Crippen LogP contribution is 2.26. The molecule has 0 unspecified atom stereocenters. The van der Waals surface area contributed by atoms with Crippen LogP contribution in [0.3, 0.4) is 0 Å². The molecule has 0 aliphatic heterocycles. The summed E-state index contributed by atoms with van der Waals surface area (Å²) in [4.78, 5) is 28.1. The van der Waals surface area contributed by atoms with Gasteiger partial charge in [0.25, 0.3) is 5.91 Å². The number of nitrogens with zero attached hydrogens (tertiary/aromatic N) is 1. The van der Waals surface area contributed by atoms with Crippen LogP contribution in [0.25, 0.3) is 22.1 Å². The molecule has 2 aromatic heterocycles. The molecule has 0 aliphatic carbocycles. The van der Waals surface area contributed by atoms with E-state index in [0.717, 1.165) is 10.4 Å². The lowest BCUT2D eigenvalue weighted by molar-refractivity contribution is -0.132. The van der Waals surface area contributed by atoms with Crippen LogP contribution in [0.1, 0.15) is 10.6 Å². The lowest BCUT2D eigenvalue weighted by Gasteiger charge is -2.16. The van der Waals surface area contributed by atoms with Crippen LogP contribution < -0.4 is 10.2 Å². The average Bonchev–Trinajstić information content (AvgIpc) is 3.25. The fourth-order valence-electron chi connectivity index (χ4n) is 3.29. The maximum atomic E-state index is 13.0. The fourth-order valence-corrected chi connectivity index (χ4v) is 4.05. The molecule has 0 saturated heterocycles. The maximum Gasteiger partial charge on any atom is 0.260 e. The standard InChI is InChI=1S/C24H21NO4S/c1-16-23(17-7-4-3-5-8-17)24(27)20-11-10-18(13-21(20)29-16)28-15-22(26)25(2)14-19-9-6-12-30-19/h3-13H,14-15H2,1-2H3. The maximum absolute atomic E-state index is 13.0. The van der Waals surface area contributed by atoms with Crippen molar-refractivity contribution >= 4 is 28.2 Å². The molecule has 0 fully saturated rings. The highest BCUT2D eigenvalue weighted by molar-refractivity contribution is 7.09. The molecule has 0 spiro atoms. The monoisotopic (exact) mass is 419 g/mol. The second kappa shape index (κ2) is 8.55. The van der Waals surface area contributed by atoms with Crippen LogP contribution in [0.4, 0.5) is 0 Å². The first-order valence-corrected chi connectivity index (χ1v) is 10.4. The summed E-state index contributed by atoms with van der Waals surface area (Å²) in [5.74, 6) is 0.901. The second-order valence-corrected chi connectivity index (χ2v) is 8.04. The zero-order valence-electron chi connectivity index (χ0n) is 16.8. The van der Waals surface area contributed by atoms with E-state index in [1.54, 1.807) is 48.4 Å². The van der Waals surface area contributed by atoms with Gasteiger partial charge in [-0.25, -0.2) is 0 Å². The molecule has 4 rings (SSSR count). The third-order valence-electron chi connectivity index (χ3n) is 4.86. The summed E-state index contributed by atoms with van der Waals surface area (Å²) in [5, 5.41) is 2.46. The van der Waals surface area contributed by atoms with E-state index in [4.69, 9.17) is 9.15 Å². The molecule has 0 bridgehead atoms. The van der Waals surface area contributed by atoms with Gasteiger partial charge in [0, 0.05) is 18.0 Å². The van der Waals surface area contributed by atoms with Crippen molar-refractivity contribution < 1.29 is 13.9 Å². The van der Waals surface area contributed by atoms with Crippen LogP contribution in [0.15, 0.2) is 75.3 Å². The van der Waals surface area contributed by atoms with Gasteiger partial charge in [-0.15, -0.1) is 11.3 Å². The van der Waals surface area contributed by atoms with Gasteiger partial charge in [0.05, 0.1) is 17.5 Å². The van der Waals surface area contributed by atoms with E-state index in [9.17, 15) is 9.59 Å². The third-order valence-corrected chi connectivity index (χ3v) is 5.72. The zero-order valence-corrected chi connectivity index (χ0v) is 17.6. The van der Waals surface area contributed by atoms with Crippen LogP contribution in [-0.2, 0) is 11.3 Å². The number of amides is 1. The molecule has 4 aromatic rings. The first kappa shape index (κ1) is 19.9. The molecule has 5 nitrogen and oxygen atoms in total. The Morgan fingerprint density at radius 2 is 1.90 bits per heavy atom. The Bertz CT molecular complexity index is 1230. The van der Waals surface area contributed by atoms with E-state index in [-0.39, 0.29) is 17.9 Å². The Kier molecular flexibility index (Phi) is 5.68. The first-order valence-electron chi connectivity index (χ1n) is 9.55. The summed E-state index contributed by atoms with van der Waals surface area (Å²) < 4.78 is 11.6. The van der Waals surface area contributed by atoms with E-state index in [1.165, 1.54) is 0 Å². The van der Waals surface area contributed by atoms with Gasteiger partial charge in [-0.05, 0) is 36.1 Å². The van der Waals surface area contributed by atoms with Crippen LogP contribution in [-0.4, -0.2) is 24.5 Å². The van der Waals surface area contributed by atoms with Crippen molar-refractivity contribution in [2.45, 2.75) is 13.5 Å².